The van der Waals surface area contributed by atoms with Gasteiger partial charge in [-0.25, -0.2) is 15.0 Å². The molecule has 0 spiro atoms. The minimum Gasteiger partial charge on any atom is -0.456 e. The molecule has 0 aliphatic rings. The quantitative estimate of drug-likeness (QED) is 0.153. The van der Waals surface area contributed by atoms with Crippen LogP contribution in [0.5, 0.6) is 0 Å². The molecule has 0 radical (unpaired) electrons. The van der Waals surface area contributed by atoms with E-state index in [4.69, 9.17) is 26.2 Å². The minimum absolute atomic E-state index is 0.203. The number of hydrogen-bond acceptors (Lipinski definition) is 4. The zero-order valence-electron chi connectivity index (χ0n) is 33.2. The molecule has 0 amide bonds. The first kappa shape index (κ1) is 26.2. The molecule has 9 rings (SSSR count). The van der Waals surface area contributed by atoms with Crippen LogP contribution in [0.3, 0.4) is 0 Å². The van der Waals surface area contributed by atoms with Crippen molar-refractivity contribution in [1.29, 1.82) is 0 Å². The molecule has 0 atom stereocenters. The average molecular weight is 675 g/mol. The van der Waals surface area contributed by atoms with E-state index in [-0.39, 0.29) is 29.7 Å². The first-order valence-electron chi connectivity index (χ1n) is 19.9. The number of fused-ring (bicyclic) bond motifs is 3. The summed E-state index contributed by atoms with van der Waals surface area (Å²) >= 11 is 0. The highest BCUT2D eigenvalue weighted by molar-refractivity contribution is 6.07. The summed E-state index contributed by atoms with van der Waals surface area (Å²) in [5.41, 5.74) is 9.90. The van der Waals surface area contributed by atoms with Crippen molar-refractivity contribution in [3.8, 4) is 45.0 Å². The highest BCUT2D eigenvalue weighted by Crippen LogP contribution is 2.34. The monoisotopic (exact) mass is 674 g/mol. The molecule has 52 heavy (non-hydrogen) atoms. The minimum atomic E-state index is -0.392. The van der Waals surface area contributed by atoms with Crippen LogP contribution in [0.25, 0.3) is 67.0 Å². The summed E-state index contributed by atoms with van der Waals surface area (Å²) in [7, 11) is 0. The summed E-state index contributed by atoms with van der Waals surface area (Å²) in [6.45, 7) is 0. The van der Waals surface area contributed by atoms with Crippen molar-refractivity contribution in [3.05, 3.63) is 198 Å². The predicted molar refractivity (Wildman–Crippen MR) is 212 cm³/mol. The highest BCUT2D eigenvalue weighted by atomic mass is 16.3. The number of hydrogen-bond donors (Lipinski definition) is 0. The molecule has 0 saturated carbocycles. The van der Waals surface area contributed by atoms with E-state index in [1.807, 2.05) is 97.1 Å². The van der Waals surface area contributed by atoms with E-state index >= 15 is 0 Å². The van der Waals surface area contributed by atoms with Gasteiger partial charge in [0, 0.05) is 28.3 Å². The molecule has 9 aromatic rings. The molecular formula is C48H35N3O. The fourth-order valence-corrected chi connectivity index (χ4v) is 6.75. The smallest absolute Gasteiger partial charge is 0.163 e. The summed E-state index contributed by atoms with van der Waals surface area (Å²) in [6, 6.07) is 47.1. The maximum Gasteiger partial charge on any atom is 0.163 e. The third-order valence-electron chi connectivity index (χ3n) is 9.38. The van der Waals surface area contributed by atoms with Gasteiger partial charge in [0.15, 0.2) is 11.6 Å². The van der Waals surface area contributed by atoms with E-state index in [0.717, 1.165) is 62.9 Å². The van der Waals surface area contributed by atoms with Crippen LogP contribution in [0.1, 0.15) is 29.4 Å². The maximum atomic E-state index is 8.32. The van der Waals surface area contributed by atoms with Gasteiger partial charge in [0.1, 0.15) is 17.0 Å². The van der Waals surface area contributed by atoms with Gasteiger partial charge in [-0.1, -0.05) is 158 Å². The van der Waals surface area contributed by atoms with E-state index in [9.17, 15) is 0 Å². The Bertz CT molecular complexity index is 2830. The Morgan fingerprint density at radius 1 is 0.462 bits per heavy atom. The van der Waals surface area contributed by atoms with Gasteiger partial charge in [-0.05, 0) is 70.0 Å². The van der Waals surface area contributed by atoms with E-state index in [2.05, 4.69) is 48.5 Å². The fourth-order valence-electron chi connectivity index (χ4n) is 6.75. The van der Waals surface area contributed by atoms with Gasteiger partial charge < -0.3 is 4.42 Å². The van der Waals surface area contributed by atoms with E-state index in [1.165, 1.54) is 16.7 Å². The van der Waals surface area contributed by atoms with Crippen LogP contribution in [0.2, 0.25) is 0 Å². The zero-order valence-corrected chi connectivity index (χ0v) is 28.2. The van der Waals surface area contributed by atoms with Gasteiger partial charge in [-0.2, -0.15) is 0 Å². The molecule has 0 aliphatic heterocycles. The Morgan fingerprint density at radius 3 is 1.71 bits per heavy atom. The number of benzene rings is 7. The molecule has 0 unspecified atom stereocenters. The van der Waals surface area contributed by atoms with Gasteiger partial charge in [-0.15, -0.1) is 0 Å². The standard InChI is InChI=1S/C48H35N3O/c1-4-11-35(12-5-1)37-24-26-38(27-25-37)36-22-19-33(20-23-36)31-34-21-29-43-42(32-34)46-39(17-10-18-44(46)52-43)28-30-45-49-47(40-13-6-2-7-14-40)51-48(50-45)41-15-8-3-9-16-41/h1-27,29,32H,28,30-31H2/i1D,4D,5D,11D,12D. The largest absolute Gasteiger partial charge is 0.456 e. The number of aryl methyl sites for hydroxylation is 2. The van der Waals surface area contributed by atoms with Crippen molar-refractivity contribution in [2.24, 2.45) is 0 Å². The number of aromatic nitrogens is 3. The van der Waals surface area contributed by atoms with E-state index in [0.29, 0.717) is 23.6 Å². The van der Waals surface area contributed by atoms with Crippen LogP contribution in [-0.2, 0) is 19.3 Å². The van der Waals surface area contributed by atoms with Crippen molar-refractivity contribution >= 4 is 21.9 Å². The number of nitrogens with zero attached hydrogens (tertiary/aromatic N) is 3. The predicted octanol–water partition coefficient (Wildman–Crippen LogP) is 11.8. The third kappa shape index (κ3) is 6.50. The normalized spacial score (nSPS) is 12.7. The van der Waals surface area contributed by atoms with Gasteiger partial charge in [0.05, 0.1) is 6.85 Å². The molecule has 0 aliphatic carbocycles. The average Bonchev–Trinajstić information content (AvgIpc) is 3.64. The Hall–Kier alpha value is -6.65. The van der Waals surface area contributed by atoms with Crippen molar-refractivity contribution in [1.82, 2.24) is 15.0 Å². The van der Waals surface area contributed by atoms with Crippen LogP contribution in [0, 0.1) is 0 Å². The highest BCUT2D eigenvalue weighted by Gasteiger charge is 2.15. The van der Waals surface area contributed by atoms with Crippen LogP contribution in [0.15, 0.2) is 180 Å². The second-order valence-corrected chi connectivity index (χ2v) is 12.8. The summed E-state index contributed by atoms with van der Waals surface area (Å²) in [5, 5.41) is 2.19. The van der Waals surface area contributed by atoms with E-state index in [1.54, 1.807) is 0 Å². The lowest BCUT2D eigenvalue weighted by Gasteiger charge is -2.09. The van der Waals surface area contributed by atoms with Gasteiger partial charge in [0.2, 0.25) is 0 Å². The topological polar surface area (TPSA) is 51.8 Å². The van der Waals surface area contributed by atoms with Crippen LogP contribution >= 0.6 is 0 Å². The van der Waals surface area contributed by atoms with Gasteiger partial charge in [0.25, 0.3) is 0 Å². The molecule has 2 heterocycles. The molecule has 0 N–H and O–H groups in total. The molecule has 7 aromatic carbocycles. The molecule has 0 saturated heterocycles. The SMILES string of the molecule is [2H]c1c([2H])c([2H])c(-c2ccc(-c3ccc(Cc4ccc5oc6cccc(CCc7nc(-c8ccccc8)nc(-c8ccccc8)n7)c6c5c4)cc3)cc2)c([2H])c1[2H]. The summed E-state index contributed by atoms with van der Waals surface area (Å²) < 4.78 is 46.9. The molecule has 0 bridgehead atoms. The van der Waals surface area contributed by atoms with Crippen LogP contribution < -0.4 is 0 Å². The van der Waals surface area contributed by atoms with Gasteiger partial charge >= 0.3 is 0 Å². The lowest BCUT2D eigenvalue weighted by Crippen LogP contribution is -2.04. The Morgan fingerprint density at radius 2 is 1.06 bits per heavy atom. The summed E-state index contributed by atoms with van der Waals surface area (Å²) in [4.78, 5) is 14.7. The fraction of sp³-hybridized carbons (Fsp3) is 0.0625. The maximum absolute atomic E-state index is 8.32. The van der Waals surface area contributed by atoms with Gasteiger partial charge in [-0.3, -0.25) is 0 Å². The first-order valence-corrected chi connectivity index (χ1v) is 17.4. The van der Waals surface area contributed by atoms with Crippen LogP contribution in [0.4, 0.5) is 0 Å². The summed E-state index contributed by atoms with van der Waals surface area (Å²) in [5.74, 6) is 2.06. The van der Waals surface area contributed by atoms with Crippen molar-refractivity contribution in [2.75, 3.05) is 0 Å². The first-order chi connectivity index (χ1) is 27.8. The lowest BCUT2D eigenvalue weighted by molar-refractivity contribution is 0.668. The number of rotatable bonds is 9. The Balaban J connectivity index is 0.959. The molecular weight excluding hydrogens is 635 g/mol. The lowest BCUT2D eigenvalue weighted by atomic mass is 9.97. The molecule has 2 aromatic heterocycles. The zero-order chi connectivity index (χ0) is 39.0. The third-order valence-corrected chi connectivity index (χ3v) is 9.38. The van der Waals surface area contributed by atoms with Crippen molar-refractivity contribution in [3.63, 3.8) is 0 Å². The molecule has 4 heteroatoms. The molecule has 0 fully saturated rings. The second kappa shape index (κ2) is 13.9. The number of furan rings is 1. The van der Waals surface area contributed by atoms with Crippen molar-refractivity contribution in [2.45, 2.75) is 19.3 Å². The van der Waals surface area contributed by atoms with E-state index < -0.39 is 6.04 Å². The Kier molecular flexibility index (Phi) is 7.02. The second-order valence-electron chi connectivity index (χ2n) is 12.8. The Labute approximate surface area is 310 Å². The van der Waals surface area contributed by atoms with Crippen LogP contribution in [-0.4, -0.2) is 15.0 Å². The summed E-state index contributed by atoms with van der Waals surface area (Å²) in [6.07, 6.45) is 2.11. The molecule has 4 nitrogen and oxygen atoms in total. The molecule has 248 valence electrons. The van der Waals surface area contributed by atoms with Crippen molar-refractivity contribution < 1.29 is 11.3 Å².